The molecule has 1 atom stereocenters. The topological polar surface area (TPSA) is 24.9 Å². The SMILES string of the molecule is CCCCC(C)NCc1nc(C2CC2)cs1. The van der Waals surface area contributed by atoms with Crippen molar-refractivity contribution in [3.05, 3.63) is 16.1 Å². The van der Waals surface area contributed by atoms with E-state index in [1.165, 1.54) is 42.8 Å². The molecule has 1 fully saturated rings. The van der Waals surface area contributed by atoms with Crippen LogP contribution in [0.15, 0.2) is 5.38 Å². The molecule has 0 saturated heterocycles. The van der Waals surface area contributed by atoms with Gasteiger partial charge in [-0.05, 0) is 26.2 Å². The smallest absolute Gasteiger partial charge is 0.107 e. The van der Waals surface area contributed by atoms with Crippen LogP contribution in [0.3, 0.4) is 0 Å². The number of thiazole rings is 1. The summed E-state index contributed by atoms with van der Waals surface area (Å²) in [5.41, 5.74) is 1.34. The summed E-state index contributed by atoms with van der Waals surface area (Å²) >= 11 is 1.81. The van der Waals surface area contributed by atoms with Crippen molar-refractivity contribution in [2.75, 3.05) is 0 Å². The van der Waals surface area contributed by atoms with Crippen LogP contribution in [-0.2, 0) is 6.54 Å². The fraction of sp³-hybridized carbons (Fsp3) is 0.769. The molecule has 2 rings (SSSR count). The van der Waals surface area contributed by atoms with E-state index in [4.69, 9.17) is 0 Å². The lowest BCUT2D eigenvalue weighted by atomic mass is 10.1. The largest absolute Gasteiger partial charge is 0.308 e. The Morgan fingerprint density at radius 2 is 2.38 bits per heavy atom. The van der Waals surface area contributed by atoms with Crippen molar-refractivity contribution in [1.82, 2.24) is 10.3 Å². The van der Waals surface area contributed by atoms with Crippen molar-refractivity contribution in [2.45, 2.75) is 64.5 Å². The van der Waals surface area contributed by atoms with Gasteiger partial charge in [-0.15, -0.1) is 11.3 Å². The molecule has 1 N–H and O–H groups in total. The lowest BCUT2D eigenvalue weighted by Gasteiger charge is -2.11. The van der Waals surface area contributed by atoms with Crippen LogP contribution in [0, 0.1) is 0 Å². The maximum Gasteiger partial charge on any atom is 0.107 e. The summed E-state index contributed by atoms with van der Waals surface area (Å²) < 4.78 is 0. The van der Waals surface area contributed by atoms with E-state index in [0.717, 1.165) is 12.5 Å². The molecule has 3 heteroatoms. The predicted molar refractivity (Wildman–Crippen MR) is 69.9 cm³/mol. The van der Waals surface area contributed by atoms with Gasteiger partial charge in [0.25, 0.3) is 0 Å². The van der Waals surface area contributed by atoms with Crippen molar-refractivity contribution in [3.63, 3.8) is 0 Å². The van der Waals surface area contributed by atoms with E-state index < -0.39 is 0 Å². The third-order valence-corrected chi connectivity index (χ3v) is 4.02. The Kier molecular flexibility index (Phi) is 4.36. The third-order valence-electron chi connectivity index (χ3n) is 3.16. The lowest BCUT2D eigenvalue weighted by Crippen LogP contribution is -2.25. The average molecular weight is 238 g/mol. The Hall–Kier alpha value is -0.410. The minimum absolute atomic E-state index is 0.619. The molecule has 16 heavy (non-hydrogen) atoms. The molecule has 0 amide bonds. The molecule has 1 aromatic heterocycles. The second kappa shape index (κ2) is 5.78. The highest BCUT2D eigenvalue weighted by Crippen LogP contribution is 2.40. The number of nitrogens with one attached hydrogen (secondary N) is 1. The van der Waals surface area contributed by atoms with Crippen molar-refractivity contribution in [2.24, 2.45) is 0 Å². The van der Waals surface area contributed by atoms with Crippen molar-refractivity contribution < 1.29 is 0 Å². The minimum atomic E-state index is 0.619. The summed E-state index contributed by atoms with van der Waals surface area (Å²) in [5.74, 6) is 0.794. The first-order valence-corrected chi connectivity index (χ1v) is 7.35. The maximum absolute atomic E-state index is 4.68. The van der Waals surface area contributed by atoms with Crippen molar-refractivity contribution in [3.8, 4) is 0 Å². The molecule has 1 unspecified atom stereocenters. The van der Waals surface area contributed by atoms with Crippen molar-refractivity contribution >= 4 is 11.3 Å². The van der Waals surface area contributed by atoms with Crippen LogP contribution < -0.4 is 5.32 Å². The molecular formula is C13H22N2S. The van der Waals surface area contributed by atoms with Crippen LogP contribution >= 0.6 is 11.3 Å². The number of hydrogen-bond acceptors (Lipinski definition) is 3. The first-order valence-electron chi connectivity index (χ1n) is 6.47. The molecule has 2 nitrogen and oxygen atoms in total. The van der Waals surface area contributed by atoms with Gasteiger partial charge in [-0.2, -0.15) is 0 Å². The van der Waals surface area contributed by atoms with Crippen LogP contribution in [-0.4, -0.2) is 11.0 Å². The highest BCUT2D eigenvalue weighted by atomic mass is 32.1. The number of aromatic nitrogens is 1. The molecule has 0 radical (unpaired) electrons. The predicted octanol–water partition coefficient (Wildman–Crippen LogP) is 3.69. The molecule has 0 bridgehead atoms. The summed E-state index contributed by atoms with van der Waals surface area (Å²) in [6.45, 7) is 5.46. The van der Waals surface area contributed by atoms with E-state index >= 15 is 0 Å². The molecule has 1 aliphatic carbocycles. The minimum Gasteiger partial charge on any atom is -0.308 e. The van der Waals surface area contributed by atoms with Gasteiger partial charge in [0.1, 0.15) is 5.01 Å². The van der Waals surface area contributed by atoms with Crippen LogP contribution in [0.2, 0.25) is 0 Å². The number of hydrogen-bond donors (Lipinski definition) is 1. The highest BCUT2D eigenvalue weighted by Gasteiger charge is 2.25. The van der Waals surface area contributed by atoms with Crippen LogP contribution in [0.1, 0.15) is 62.6 Å². The average Bonchev–Trinajstić information content (AvgIpc) is 3.03. The van der Waals surface area contributed by atoms with E-state index in [1.54, 1.807) is 0 Å². The second-order valence-electron chi connectivity index (χ2n) is 4.86. The molecule has 0 spiro atoms. The maximum atomic E-state index is 4.68. The van der Waals surface area contributed by atoms with Gasteiger partial charge in [-0.1, -0.05) is 19.8 Å². The standard InChI is InChI=1S/C13H22N2S/c1-3-4-5-10(2)14-8-13-15-12(9-16-13)11-6-7-11/h9-11,14H,3-8H2,1-2H3. The van der Waals surface area contributed by atoms with Gasteiger partial charge in [-0.25, -0.2) is 4.98 Å². The molecule has 1 aliphatic rings. The molecule has 1 aromatic rings. The fourth-order valence-corrected chi connectivity index (χ4v) is 2.67. The Balaban J connectivity index is 1.71. The van der Waals surface area contributed by atoms with Gasteiger partial charge < -0.3 is 5.32 Å². The molecule has 0 aromatic carbocycles. The lowest BCUT2D eigenvalue weighted by molar-refractivity contribution is 0.494. The van der Waals surface area contributed by atoms with Gasteiger partial charge >= 0.3 is 0 Å². The molecule has 1 heterocycles. The van der Waals surface area contributed by atoms with Gasteiger partial charge in [0.15, 0.2) is 0 Å². The number of unbranched alkanes of at least 4 members (excludes halogenated alkanes) is 1. The fourth-order valence-electron chi connectivity index (χ4n) is 1.85. The normalized spacial score (nSPS) is 17.6. The third kappa shape index (κ3) is 3.56. The Labute approximate surface area is 102 Å². The summed E-state index contributed by atoms with van der Waals surface area (Å²) in [6, 6.07) is 0.619. The van der Waals surface area contributed by atoms with E-state index in [0.29, 0.717) is 6.04 Å². The first kappa shape index (κ1) is 12.1. The van der Waals surface area contributed by atoms with Crippen molar-refractivity contribution in [1.29, 1.82) is 0 Å². The Bertz CT molecular complexity index is 317. The Morgan fingerprint density at radius 3 is 3.06 bits per heavy atom. The van der Waals surface area contributed by atoms with Gasteiger partial charge in [-0.3, -0.25) is 0 Å². The van der Waals surface area contributed by atoms with E-state index in [2.05, 4.69) is 29.5 Å². The molecule has 90 valence electrons. The van der Waals surface area contributed by atoms with Crippen LogP contribution in [0.5, 0.6) is 0 Å². The molecule has 0 aliphatic heterocycles. The summed E-state index contributed by atoms with van der Waals surface area (Å²) in [7, 11) is 0. The summed E-state index contributed by atoms with van der Waals surface area (Å²) in [4.78, 5) is 4.68. The summed E-state index contributed by atoms with van der Waals surface area (Å²) in [6.07, 6.45) is 6.58. The monoisotopic (exact) mass is 238 g/mol. The van der Waals surface area contributed by atoms with E-state index in [9.17, 15) is 0 Å². The number of nitrogens with zero attached hydrogens (tertiary/aromatic N) is 1. The van der Waals surface area contributed by atoms with Crippen LogP contribution in [0.4, 0.5) is 0 Å². The zero-order valence-electron chi connectivity index (χ0n) is 10.3. The van der Waals surface area contributed by atoms with Gasteiger partial charge in [0.2, 0.25) is 0 Å². The van der Waals surface area contributed by atoms with Crippen LogP contribution in [0.25, 0.3) is 0 Å². The van der Waals surface area contributed by atoms with E-state index in [1.807, 2.05) is 11.3 Å². The molecular weight excluding hydrogens is 216 g/mol. The molecule has 1 saturated carbocycles. The first-order chi connectivity index (χ1) is 7.79. The second-order valence-corrected chi connectivity index (χ2v) is 5.81. The zero-order valence-corrected chi connectivity index (χ0v) is 11.1. The highest BCUT2D eigenvalue weighted by molar-refractivity contribution is 7.09. The quantitative estimate of drug-likeness (QED) is 0.783. The number of rotatable bonds is 7. The van der Waals surface area contributed by atoms with Gasteiger partial charge in [0, 0.05) is 23.9 Å². The zero-order chi connectivity index (χ0) is 11.4. The Morgan fingerprint density at radius 1 is 1.56 bits per heavy atom. The van der Waals surface area contributed by atoms with E-state index in [-0.39, 0.29) is 0 Å². The summed E-state index contributed by atoms with van der Waals surface area (Å²) in [5, 5.41) is 7.05. The van der Waals surface area contributed by atoms with Gasteiger partial charge in [0.05, 0.1) is 5.69 Å².